The minimum Gasteiger partial charge on any atom is -0.461 e. The predicted octanol–water partition coefficient (Wildman–Crippen LogP) is 5.18. The molecule has 5 atom stereocenters. The average molecular weight is 421 g/mol. The summed E-state index contributed by atoms with van der Waals surface area (Å²) in [5.74, 6) is 2.02. The van der Waals surface area contributed by atoms with E-state index in [1.54, 1.807) is 12.1 Å². The fourth-order valence-electron chi connectivity index (χ4n) is 5.51. The predicted molar refractivity (Wildman–Crippen MR) is 116 cm³/mol. The number of fused-ring (bicyclic) bond motifs is 3. The first-order valence-electron chi connectivity index (χ1n) is 10.9. The van der Waals surface area contributed by atoms with Crippen molar-refractivity contribution in [2.45, 2.75) is 26.9 Å². The third-order valence-electron chi connectivity index (χ3n) is 7.46. The van der Waals surface area contributed by atoms with Crippen LogP contribution in [0.5, 0.6) is 11.5 Å². The summed E-state index contributed by atoms with van der Waals surface area (Å²) in [6.45, 7) is 7.81. The molecular weight excluding hydrogens is 392 g/mol. The summed E-state index contributed by atoms with van der Waals surface area (Å²) in [7, 11) is 0. The SMILES string of the molecule is CC1=C[C@@H](C)[C@@]2(COC(=O)c3ccccc3)CO[C@H](c3ccc4c(c3)OCO4)[C@@H]1[C@@H]2C. The van der Waals surface area contributed by atoms with Crippen molar-refractivity contribution in [2.75, 3.05) is 20.0 Å². The van der Waals surface area contributed by atoms with Gasteiger partial charge >= 0.3 is 5.97 Å². The molecule has 0 spiro atoms. The highest BCUT2D eigenvalue weighted by molar-refractivity contribution is 5.89. The summed E-state index contributed by atoms with van der Waals surface area (Å²) < 4.78 is 23.4. The van der Waals surface area contributed by atoms with Gasteiger partial charge in [-0.25, -0.2) is 4.79 Å². The Morgan fingerprint density at radius 2 is 1.87 bits per heavy atom. The first kappa shape index (κ1) is 20.1. The van der Waals surface area contributed by atoms with Crippen molar-refractivity contribution in [3.05, 3.63) is 71.3 Å². The number of benzene rings is 2. The molecule has 0 radical (unpaired) electrons. The van der Waals surface area contributed by atoms with Gasteiger partial charge in [0.2, 0.25) is 6.79 Å². The quantitative estimate of drug-likeness (QED) is 0.504. The molecule has 2 bridgehead atoms. The average Bonchev–Trinajstić information content (AvgIpc) is 3.25. The third kappa shape index (κ3) is 3.32. The molecule has 5 heteroatoms. The maximum absolute atomic E-state index is 12.6. The van der Waals surface area contributed by atoms with E-state index in [1.807, 2.05) is 30.3 Å². The first-order chi connectivity index (χ1) is 15.0. The Balaban J connectivity index is 1.40. The molecule has 0 saturated carbocycles. The Kier molecular flexibility index (Phi) is 5.01. The van der Waals surface area contributed by atoms with Gasteiger partial charge in [-0.2, -0.15) is 0 Å². The molecule has 0 aromatic heterocycles. The van der Waals surface area contributed by atoms with E-state index >= 15 is 0 Å². The zero-order valence-corrected chi connectivity index (χ0v) is 18.2. The molecule has 0 unspecified atom stereocenters. The third-order valence-corrected chi connectivity index (χ3v) is 7.46. The number of esters is 1. The number of hydrogen-bond acceptors (Lipinski definition) is 5. The molecule has 0 N–H and O–H groups in total. The molecule has 3 aliphatic rings. The van der Waals surface area contributed by atoms with E-state index in [0.717, 1.165) is 17.1 Å². The summed E-state index contributed by atoms with van der Waals surface area (Å²) >= 11 is 0. The summed E-state index contributed by atoms with van der Waals surface area (Å²) in [5.41, 5.74) is 2.75. The van der Waals surface area contributed by atoms with Crippen LogP contribution in [0.3, 0.4) is 0 Å². The molecule has 2 heterocycles. The largest absolute Gasteiger partial charge is 0.461 e. The van der Waals surface area contributed by atoms with Crippen LogP contribution in [-0.2, 0) is 9.47 Å². The van der Waals surface area contributed by atoms with Crippen molar-refractivity contribution >= 4 is 5.97 Å². The summed E-state index contributed by atoms with van der Waals surface area (Å²) in [5, 5.41) is 0. The summed E-state index contributed by atoms with van der Waals surface area (Å²) in [4.78, 5) is 12.6. The lowest BCUT2D eigenvalue weighted by Crippen LogP contribution is -2.54. The van der Waals surface area contributed by atoms with Gasteiger partial charge in [-0.15, -0.1) is 0 Å². The molecular formula is C26H28O5. The lowest BCUT2D eigenvalue weighted by atomic mass is 9.56. The van der Waals surface area contributed by atoms with Gasteiger partial charge in [0.1, 0.15) is 6.61 Å². The van der Waals surface area contributed by atoms with Gasteiger partial charge < -0.3 is 18.9 Å². The molecule has 2 aliphatic heterocycles. The highest BCUT2D eigenvalue weighted by Crippen LogP contribution is 2.56. The van der Waals surface area contributed by atoms with Crippen LogP contribution in [0, 0.1) is 23.2 Å². The van der Waals surface area contributed by atoms with Crippen LogP contribution in [-0.4, -0.2) is 26.0 Å². The van der Waals surface area contributed by atoms with E-state index in [0.29, 0.717) is 24.7 Å². The zero-order valence-electron chi connectivity index (χ0n) is 18.2. The maximum Gasteiger partial charge on any atom is 0.338 e. The number of hydrogen-bond donors (Lipinski definition) is 0. The highest BCUT2D eigenvalue weighted by Gasteiger charge is 2.54. The Morgan fingerprint density at radius 1 is 1.10 bits per heavy atom. The normalized spacial score (nSPS) is 31.1. The zero-order chi connectivity index (χ0) is 21.6. The Morgan fingerprint density at radius 3 is 2.68 bits per heavy atom. The van der Waals surface area contributed by atoms with Gasteiger partial charge in [0.05, 0.1) is 18.3 Å². The van der Waals surface area contributed by atoms with Gasteiger partial charge in [-0.3, -0.25) is 0 Å². The van der Waals surface area contributed by atoms with Gasteiger partial charge in [0.15, 0.2) is 11.5 Å². The van der Waals surface area contributed by atoms with Crippen molar-refractivity contribution in [3.63, 3.8) is 0 Å². The minimum atomic E-state index is -0.282. The van der Waals surface area contributed by atoms with Crippen LogP contribution in [0.2, 0.25) is 0 Å². The second-order valence-corrected chi connectivity index (χ2v) is 9.03. The number of allylic oxidation sites excluding steroid dienone is 1. The molecule has 5 rings (SSSR count). The monoisotopic (exact) mass is 420 g/mol. The van der Waals surface area contributed by atoms with E-state index in [-0.39, 0.29) is 36.1 Å². The first-order valence-corrected chi connectivity index (χ1v) is 10.9. The molecule has 162 valence electrons. The van der Waals surface area contributed by atoms with Crippen LogP contribution in [0.25, 0.3) is 0 Å². The van der Waals surface area contributed by atoms with E-state index in [2.05, 4.69) is 32.9 Å². The van der Waals surface area contributed by atoms with E-state index in [9.17, 15) is 4.79 Å². The smallest absolute Gasteiger partial charge is 0.338 e. The lowest BCUT2D eigenvalue weighted by Gasteiger charge is -2.55. The maximum atomic E-state index is 12.6. The number of ether oxygens (including phenoxy) is 4. The van der Waals surface area contributed by atoms with Crippen LogP contribution in [0.15, 0.2) is 60.2 Å². The van der Waals surface area contributed by atoms with Crippen LogP contribution in [0.4, 0.5) is 0 Å². The number of rotatable bonds is 4. The van der Waals surface area contributed by atoms with Crippen LogP contribution >= 0.6 is 0 Å². The Labute approximate surface area is 183 Å². The molecule has 1 saturated heterocycles. The van der Waals surface area contributed by atoms with Crippen molar-refractivity contribution in [2.24, 2.45) is 23.2 Å². The highest BCUT2D eigenvalue weighted by atomic mass is 16.7. The van der Waals surface area contributed by atoms with Crippen molar-refractivity contribution in [3.8, 4) is 11.5 Å². The standard InChI is InChI=1S/C26H28O5/c1-16-11-17(2)26(14-29-25(27)19-7-5-4-6-8-19)13-28-24(23(16)18(26)3)20-9-10-21-22(12-20)31-15-30-21/h4-12,17-18,23-24H,13-15H2,1-3H3/t17-,18+,23+,24-,26+/m1/s1. The van der Waals surface area contributed by atoms with Crippen molar-refractivity contribution < 1.29 is 23.7 Å². The van der Waals surface area contributed by atoms with Gasteiger partial charge in [-0.1, -0.05) is 49.8 Å². The van der Waals surface area contributed by atoms with Gasteiger partial charge in [0.25, 0.3) is 0 Å². The van der Waals surface area contributed by atoms with Crippen molar-refractivity contribution in [1.29, 1.82) is 0 Å². The van der Waals surface area contributed by atoms with Crippen molar-refractivity contribution in [1.82, 2.24) is 0 Å². The second-order valence-electron chi connectivity index (χ2n) is 9.03. The van der Waals surface area contributed by atoms with E-state index < -0.39 is 0 Å². The topological polar surface area (TPSA) is 54.0 Å². The van der Waals surface area contributed by atoms with Crippen LogP contribution in [0.1, 0.15) is 42.8 Å². The van der Waals surface area contributed by atoms with Gasteiger partial charge in [0, 0.05) is 11.3 Å². The molecule has 0 amide bonds. The molecule has 1 fully saturated rings. The van der Waals surface area contributed by atoms with E-state index in [1.165, 1.54) is 5.57 Å². The second kappa shape index (κ2) is 7.72. The summed E-state index contributed by atoms with van der Waals surface area (Å²) in [6.07, 6.45) is 2.27. The number of carbonyl (C=O) groups is 1. The molecule has 1 aliphatic carbocycles. The molecule has 31 heavy (non-hydrogen) atoms. The van der Waals surface area contributed by atoms with Gasteiger partial charge in [-0.05, 0) is 48.6 Å². The Bertz CT molecular complexity index is 1010. The fourth-order valence-corrected chi connectivity index (χ4v) is 5.51. The molecule has 2 aromatic rings. The fraction of sp³-hybridized carbons (Fsp3) is 0.423. The summed E-state index contributed by atoms with van der Waals surface area (Å²) in [6, 6.07) is 15.2. The Hall–Kier alpha value is -2.79. The van der Waals surface area contributed by atoms with Crippen LogP contribution < -0.4 is 9.47 Å². The van der Waals surface area contributed by atoms with E-state index in [4.69, 9.17) is 18.9 Å². The lowest BCUT2D eigenvalue weighted by molar-refractivity contribution is -0.166. The molecule has 2 aromatic carbocycles. The molecule has 5 nitrogen and oxygen atoms in total. The number of carbonyl (C=O) groups excluding carboxylic acids is 1. The minimum absolute atomic E-state index is 0.0637.